The molecule has 0 saturated carbocycles. The second-order valence-electron chi connectivity index (χ2n) is 5.07. The van der Waals surface area contributed by atoms with Crippen LogP contribution in [-0.4, -0.2) is 27.4 Å². The van der Waals surface area contributed by atoms with Gasteiger partial charge in [0.05, 0.1) is 13.2 Å². The van der Waals surface area contributed by atoms with Gasteiger partial charge in [0.25, 0.3) is 0 Å². The largest absolute Gasteiger partial charge is 0.384 e. The highest BCUT2D eigenvalue weighted by atomic mass is 16.5. The third kappa shape index (κ3) is 6.16. The predicted molar refractivity (Wildman–Crippen MR) is 65.2 cm³/mol. The molecule has 15 heavy (non-hydrogen) atoms. The molecule has 0 N–H and O–H groups in total. The van der Waals surface area contributed by atoms with E-state index in [1.165, 1.54) is 25.7 Å². The molecule has 0 heterocycles. The maximum Gasteiger partial charge on any atom is 0.0540 e. The van der Waals surface area contributed by atoms with E-state index in [1.807, 2.05) is 0 Å². The van der Waals surface area contributed by atoms with Crippen LogP contribution in [0.25, 0.3) is 0 Å². The molecule has 0 amide bonds. The van der Waals surface area contributed by atoms with Crippen molar-refractivity contribution in [1.82, 2.24) is 0 Å². The van der Waals surface area contributed by atoms with Gasteiger partial charge in [0.1, 0.15) is 0 Å². The van der Waals surface area contributed by atoms with Gasteiger partial charge in [-0.15, -0.1) is 0 Å². The van der Waals surface area contributed by atoms with Gasteiger partial charge in [-0.2, -0.15) is 0 Å². The Bertz CT molecular complexity index is 137. The topological polar surface area (TPSA) is 18.5 Å². The van der Waals surface area contributed by atoms with Gasteiger partial charge in [-0.05, 0) is 18.8 Å². The summed E-state index contributed by atoms with van der Waals surface area (Å²) in [7, 11) is 3.58. The monoisotopic (exact) mass is 216 g/mol. The van der Waals surface area contributed by atoms with Crippen molar-refractivity contribution in [2.45, 2.75) is 46.5 Å². The SMILES string of the molecule is CCCCC(COC)(COC)CC(C)C. The lowest BCUT2D eigenvalue weighted by Crippen LogP contribution is -2.33. The Kier molecular flexibility index (Phi) is 8.07. The highest BCUT2D eigenvalue weighted by molar-refractivity contribution is 4.80. The Morgan fingerprint density at radius 3 is 1.93 bits per heavy atom. The minimum Gasteiger partial charge on any atom is -0.384 e. The number of hydrogen-bond acceptors (Lipinski definition) is 2. The second kappa shape index (κ2) is 8.12. The van der Waals surface area contributed by atoms with Crippen LogP contribution in [0.5, 0.6) is 0 Å². The van der Waals surface area contributed by atoms with Crippen molar-refractivity contribution >= 4 is 0 Å². The zero-order valence-electron chi connectivity index (χ0n) is 11.1. The van der Waals surface area contributed by atoms with Crippen molar-refractivity contribution in [2.75, 3.05) is 27.4 Å². The van der Waals surface area contributed by atoms with Crippen molar-refractivity contribution in [2.24, 2.45) is 11.3 Å². The second-order valence-corrected chi connectivity index (χ2v) is 5.07. The number of unbranched alkanes of at least 4 members (excludes halogenated alkanes) is 1. The van der Waals surface area contributed by atoms with Crippen LogP contribution in [0, 0.1) is 11.3 Å². The molecule has 2 heteroatoms. The summed E-state index contributed by atoms with van der Waals surface area (Å²) in [6, 6.07) is 0. The van der Waals surface area contributed by atoms with E-state index in [0.29, 0.717) is 5.92 Å². The number of rotatable bonds is 9. The van der Waals surface area contributed by atoms with E-state index < -0.39 is 0 Å². The van der Waals surface area contributed by atoms with Crippen molar-refractivity contribution in [3.8, 4) is 0 Å². The normalized spacial score (nSPS) is 12.4. The maximum atomic E-state index is 5.38. The highest BCUT2D eigenvalue weighted by Gasteiger charge is 2.30. The fourth-order valence-corrected chi connectivity index (χ4v) is 2.44. The summed E-state index contributed by atoms with van der Waals surface area (Å²) in [5.41, 5.74) is 0.230. The van der Waals surface area contributed by atoms with Crippen LogP contribution in [0.4, 0.5) is 0 Å². The van der Waals surface area contributed by atoms with Crippen molar-refractivity contribution < 1.29 is 9.47 Å². The van der Waals surface area contributed by atoms with Crippen molar-refractivity contribution in [1.29, 1.82) is 0 Å². The Balaban J connectivity index is 4.40. The van der Waals surface area contributed by atoms with Crippen LogP contribution in [0.1, 0.15) is 46.5 Å². The first-order chi connectivity index (χ1) is 7.10. The number of methoxy groups -OCH3 is 2. The standard InChI is InChI=1S/C13H28O2/c1-6-7-8-13(10-14-4,11-15-5)9-12(2)3/h12H,6-11H2,1-5H3. The summed E-state index contributed by atoms with van der Waals surface area (Å²) < 4.78 is 10.8. The zero-order valence-corrected chi connectivity index (χ0v) is 11.1. The van der Waals surface area contributed by atoms with E-state index in [-0.39, 0.29) is 5.41 Å². The van der Waals surface area contributed by atoms with Crippen LogP contribution < -0.4 is 0 Å². The van der Waals surface area contributed by atoms with Crippen LogP contribution in [0.3, 0.4) is 0 Å². The van der Waals surface area contributed by atoms with Gasteiger partial charge in [0.2, 0.25) is 0 Å². The average molecular weight is 216 g/mol. The molecule has 0 aliphatic heterocycles. The van der Waals surface area contributed by atoms with Crippen molar-refractivity contribution in [3.05, 3.63) is 0 Å². The molecule has 0 aromatic heterocycles. The molecule has 0 bridgehead atoms. The molecule has 0 saturated heterocycles. The molecule has 0 atom stereocenters. The minimum atomic E-state index is 0.230. The third-order valence-corrected chi connectivity index (χ3v) is 2.80. The van der Waals surface area contributed by atoms with Crippen LogP contribution in [0.2, 0.25) is 0 Å². The molecule has 0 aliphatic rings. The first kappa shape index (κ1) is 14.9. The van der Waals surface area contributed by atoms with E-state index in [4.69, 9.17) is 9.47 Å². The molecular formula is C13H28O2. The zero-order chi connectivity index (χ0) is 11.7. The summed E-state index contributed by atoms with van der Waals surface area (Å²) in [6.07, 6.45) is 4.91. The molecule has 0 aromatic carbocycles. The summed E-state index contributed by atoms with van der Waals surface area (Å²) in [6.45, 7) is 8.41. The smallest absolute Gasteiger partial charge is 0.0540 e. The van der Waals surface area contributed by atoms with Gasteiger partial charge in [0.15, 0.2) is 0 Å². The molecule has 2 nitrogen and oxygen atoms in total. The molecular weight excluding hydrogens is 188 g/mol. The van der Waals surface area contributed by atoms with E-state index in [9.17, 15) is 0 Å². The summed E-state index contributed by atoms with van der Waals surface area (Å²) in [5, 5.41) is 0. The Morgan fingerprint density at radius 1 is 1.07 bits per heavy atom. The fourth-order valence-electron chi connectivity index (χ4n) is 2.44. The van der Waals surface area contributed by atoms with Crippen LogP contribution in [0.15, 0.2) is 0 Å². The first-order valence-electron chi connectivity index (χ1n) is 6.08. The lowest BCUT2D eigenvalue weighted by atomic mass is 9.77. The van der Waals surface area contributed by atoms with Gasteiger partial charge in [-0.3, -0.25) is 0 Å². The minimum absolute atomic E-state index is 0.230. The molecule has 0 aromatic rings. The van der Waals surface area contributed by atoms with E-state index in [1.54, 1.807) is 14.2 Å². The summed E-state index contributed by atoms with van der Waals surface area (Å²) in [5.74, 6) is 0.701. The quantitative estimate of drug-likeness (QED) is 0.587. The van der Waals surface area contributed by atoms with Crippen LogP contribution in [-0.2, 0) is 9.47 Å². The van der Waals surface area contributed by atoms with Crippen LogP contribution >= 0.6 is 0 Å². The van der Waals surface area contributed by atoms with Crippen molar-refractivity contribution in [3.63, 3.8) is 0 Å². The maximum absolute atomic E-state index is 5.38. The average Bonchev–Trinajstić information content (AvgIpc) is 2.14. The molecule has 0 fully saturated rings. The van der Waals surface area contributed by atoms with E-state index >= 15 is 0 Å². The van der Waals surface area contributed by atoms with Gasteiger partial charge >= 0.3 is 0 Å². The molecule has 0 aliphatic carbocycles. The third-order valence-electron chi connectivity index (χ3n) is 2.80. The fraction of sp³-hybridized carbons (Fsp3) is 1.00. The summed E-state index contributed by atoms with van der Waals surface area (Å²) >= 11 is 0. The Hall–Kier alpha value is -0.0800. The Morgan fingerprint density at radius 2 is 1.60 bits per heavy atom. The highest BCUT2D eigenvalue weighted by Crippen LogP contribution is 2.33. The van der Waals surface area contributed by atoms with Gasteiger partial charge in [-0.1, -0.05) is 33.6 Å². The molecule has 92 valence electrons. The number of ether oxygens (including phenoxy) is 2. The van der Waals surface area contributed by atoms with Gasteiger partial charge in [-0.25, -0.2) is 0 Å². The molecule has 0 unspecified atom stereocenters. The Labute approximate surface area is 95.3 Å². The molecule has 0 radical (unpaired) electrons. The number of hydrogen-bond donors (Lipinski definition) is 0. The first-order valence-corrected chi connectivity index (χ1v) is 6.08. The summed E-state index contributed by atoms with van der Waals surface area (Å²) in [4.78, 5) is 0. The predicted octanol–water partition coefficient (Wildman–Crippen LogP) is 3.50. The van der Waals surface area contributed by atoms with E-state index in [2.05, 4.69) is 20.8 Å². The molecule has 0 spiro atoms. The lowest BCUT2D eigenvalue weighted by Gasteiger charge is -2.34. The lowest BCUT2D eigenvalue weighted by molar-refractivity contribution is -0.0102. The van der Waals surface area contributed by atoms with Gasteiger partial charge < -0.3 is 9.47 Å². The van der Waals surface area contributed by atoms with E-state index in [0.717, 1.165) is 13.2 Å². The molecule has 0 rings (SSSR count). The van der Waals surface area contributed by atoms with Gasteiger partial charge in [0, 0.05) is 19.6 Å².